The summed E-state index contributed by atoms with van der Waals surface area (Å²) in [6.07, 6.45) is 1.87. The Morgan fingerprint density at radius 3 is 2.81 bits per heavy atom. The average Bonchev–Trinajstić information content (AvgIpc) is 2.46. The fourth-order valence-corrected chi connectivity index (χ4v) is 3.96. The van der Waals surface area contributed by atoms with Crippen LogP contribution in [0.4, 0.5) is 0 Å². The molecule has 21 heavy (non-hydrogen) atoms. The number of nitrogens with one attached hydrogen (secondary N) is 1. The first-order valence-electron chi connectivity index (χ1n) is 6.50. The van der Waals surface area contributed by atoms with Gasteiger partial charge < -0.3 is 9.84 Å². The molecule has 1 saturated heterocycles. The molecule has 1 atom stereocenters. The topological polar surface area (TPSA) is 92.7 Å². The molecule has 8 heteroatoms. The molecule has 1 aliphatic rings. The zero-order chi connectivity index (χ0) is 15.5. The summed E-state index contributed by atoms with van der Waals surface area (Å²) in [5.74, 6) is -0.937. The number of carbonyl (C=O) groups is 1. The maximum atomic E-state index is 12.2. The predicted molar refractivity (Wildman–Crippen MR) is 79.8 cm³/mol. The Morgan fingerprint density at radius 1 is 1.48 bits per heavy atom. The Bertz CT molecular complexity index is 625. The first-order valence-corrected chi connectivity index (χ1v) is 8.78. The number of aromatic carboxylic acids is 1. The van der Waals surface area contributed by atoms with Gasteiger partial charge in [0.1, 0.15) is 0 Å². The summed E-state index contributed by atoms with van der Waals surface area (Å²) in [5, 5.41) is 8.92. The molecule has 1 fully saturated rings. The van der Waals surface area contributed by atoms with Crippen LogP contribution in [0, 0.1) is 5.92 Å². The van der Waals surface area contributed by atoms with E-state index in [1.165, 1.54) is 18.2 Å². The number of hydrogen-bond donors (Lipinski definition) is 2. The molecule has 1 aliphatic heterocycles. The molecule has 0 saturated carbocycles. The van der Waals surface area contributed by atoms with Crippen molar-refractivity contribution in [2.24, 2.45) is 5.92 Å². The maximum absolute atomic E-state index is 12.2. The van der Waals surface area contributed by atoms with Crippen molar-refractivity contribution < 1.29 is 23.1 Å². The number of ether oxygens (including phenoxy) is 1. The lowest BCUT2D eigenvalue weighted by Gasteiger charge is -2.22. The molecule has 1 aromatic carbocycles. The Hall–Kier alpha value is -0.960. The molecule has 1 heterocycles. The van der Waals surface area contributed by atoms with Gasteiger partial charge in [0, 0.05) is 17.6 Å². The number of sulfonamides is 1. The van der Waals surface area contributed by atoms with Gasteiger partial charge in [0.2, 0.25) is 10.0 Å². The van der Waals surface area contributed by atoms with E-state index >= 15 is 0 Å². The van der Waals surface area contributed by atoms with Gasteiger partial charge in [-0.3, -0.25) is 0 Å². The first-order chi connectivity index (χ1) is 9.90. The number of carboxylic acid groups (broad SMARTS) is 1. The number of benzene rings is 1. The zero-order valence-electron chi connectivity index (χ0n) is 11.2. The minimum Gasteiger partial charge on any atom is -0.478 e. The second-order valence-electron chi connectivity index (χ2n) is 4.88. The molecular formula is C13H16BrNO5S. The number of rotatable bonds is 5. The van der Waals surface area contributed by atoms with E-state index in [2.05, 4.69) is 20.7 Å². The highest BCUT2D eigenvalue weighted by Gasteiger charge is 2.20. The lowest BCUT2D eigenvalue weighted by Crippen LogP contribution is -2.33. The van der Waals surface area contributed by atoms with Crippen molar-refractivity contribution in [2.75, 3.05) is 19.8 Å². The van der Waals surface area contributed by atoms with Crippen LogP contribution >= 0.6 is 15.9 Å². The van der Waals surface area contributed by atoms with E-state index in [-0.39, 0.29) is 20.8 Å². The lowest BCUT2D eigenvalue weighted by atomic mass is 10.0. The second-order valence-corrected chi connectivity index (χ2v) is 7.50. The molecule has 0 bridgehead atoms. The summed E-state index contributed by atoms with van der Waals surface area (Å²) in [7, 11) is -3.65. The van der Waals surface area contributed by atoms with E-state index in [1.54, 1.807) is 0 Å². The molecule has 0 radical (unpaired) electrons. The van der Waals surface area contributed by atoms with Crippen LogP contribution in [-0.4, -0.2) is 39.3 Å². The Kier molecular flexibility index (Phi) is 5.37. The van der Waals surface area contributed by atoms with Crippen molar-refractivity contribution in [1.82, 2.24) is 4.72 Å². The van der Waals surface area contributed by atoms with Gasteiger partial charge in [-0.2, -0.15) is 0 Å². The van der Waals surface area contributed by atoms with Gasteiger partial charge in [-0.15, -0.1) is 0 Å². The normalized spacial score (nSPS) is 19.4. The fourth-order valence-electron chi connectivity index (χ4n) is 2.12. The summed E-state index contributed by atoms with van der Waals surface area (Å²) in [6.45, 7) is 1.61. The van der Waals surface area contributed by atoms with E-state index in [0.717, 1.165) is 19.4 Å². The van der Waals surface area contributed by atoms with Crippen molar-refractivity contribution in [3.8, 4) is 0 Å². The Balaban J connectivity index is 2.08. The molecule has 0 aromatic heterocycles. The molecule has 2 N–H and O–H groups in total. The molecule has 6 nitrogen and oxygen atoms in total. The Labute approximate surface area is 131 Å². The summed E-state index contributed by atoms with van der Waals surface area (Å²) >= 11 is 3.07. The summed E-state index contributed by atoms with van der Waals surface area (Å²) in [6, 6.07) is 3.85. The van der Waals surface area contributed by atoms with E-state index in [4.69, 9.17) is 9.84 Å². The van der Waals surface area contributed by atoms with Crippen LogP contribution in [0.2, 0.25) is 0 Å². The van der Waals surface area contributed by atoms with Crippen molar-refractivity contribution in [1.29, 1.82) is 0 Å². The molecule has 0 aliphatic carbocycles. The largest absolute Gasteiger partial charge is 0.478 e. The zero-order valence-corrected chi connectivity index (χ0v) is 13.6. The van der Waals surface area contributed by atoms with Gasteiger partial charge in [-0.25, -0.2) is 17.9 Å². The van der Waals surface area contributed by atoms with Gasteiger partial charge in [0.15, 0.2) is 0 Å². The number of halogens is 1. The quantitative estimate of drug-likeness (QED) is 0.816. The van der Waals surface area contributed by atoms with Gasteiger partial charge in [0.05, 0.1) is 17.1 Å². The van der Waals surface area contributed by atoms with E-state index < -0.39 is 16.0 Å². The molecule has 2 rings (SSSR count). The smallest absolute Gasteiger partial charge is 0.336 e. The molecule has 0 amide bonds. The third-order valence-electron chi connectivity index (χ3n) is 3.30. The average molecular weight is 378 g/mol. The summed E-state index contributed by atoms with van der Waals surface area (Å²) in [5.41, 5.74) is 0.0228. The summed E-state index contributed by atoms with van der Waals surface area (Å²) < 4.78 is 32.5. The SMILES string of the molecule is O=C(O)c1ccc(S(=O)(=O)NCC2CCCOC2)cc1Br. The number of carboxylic acids is 1. The highest BCUT2D eigenvalue weighted by Crippen LogP contribution is 2.22. The van der Waals surface area contributed by atoms with E-state index in [1.807, 2.05) is 0 Å². The van der Waals surface area contributed by atoms with Crippen molar-refractivity contribution >= 4 is 31.9 Å². The van der Waals surface area contributed by atoms with Crippen LogP contribution in [0.15, 0.2) is 27.6 Å². The van der Waals surface area contributed by atoms with Crippen LogP contribution in [0.5, 0.6) is 0 Å². The molecule has 1 aromatic rings. The van der Waals surface area contributed by atoms with Crippen LogP contribution in [0.3, 0.4) is 0 Å². The van der Waals surface area contributed by atoms with E-state index in [9.17, 15) is 13.2 Å². The lowest BCUT2D eigenvalue weighted by molar-refractivity contribution is 0.0568. The molecule has 1 unspecified atom stereocenters. The minimum atomic E-state index is -3.65. The van der Waals surface area contributed by atoms with Crippen LogP contribution < -0.4 is 4.72 Å². The predicted octanol–water partition coefficient (Wildman–Crippen LogP) is 1.85. The molecular weight excluding hydrogens is 362 g/mol. The van der Waals surface area contributed by atoms with Gasteiger partial charge in [-0.1, -0.05) is 0 Å². The van der Waals surface area contributed by atoms with Crippen molar-refractivity contribution in [3.05, 3.63) is 28.2 Å². The van der Waals surface area contributed by atoms with Crippen molar-refractivity contribution in [2.45, 2.75) is 17.7 Å². The Morgan fingerprint density at radius 2 is 2.24 bits per heavy atom. The van der Waals surface area contributed by atoms with Gasteiger partial charge in [0.25, 0.3) is 0 Å². The van der Waals surface area contributed by atoms with Gasteiger partial charge in [-0.05, 0) is 52.9 Å². The maximum Gasteiger partial charge on any atom is 0.336 e. The fraction of sp³-hybridized carbons (Fsp3) is 0.462. The highest BCUT2D eigenvalue weighted by molar-refractivity contribution is 9.10. The van der Waals surface area contributed by atoms with Crippen molar-refractivity contribution in [3.63, 3.8) is 0 Å². The minimum absolute atomic E-state index is 0.0228. The molecule has 116 valence electrons. The summed E-state index contributed by atoms with van der Waals surface area (Å²) in [4.78, 5) is 10.9. The third kappa shape index (κ3) is 4.26. The first kappa shape index (κ1) is 16.4. The monoisotopic (exact) mass is 377 g/mol. The third-order valence-corrected chi connectivity index (χ3v) is 5.38. The van der Waals surface area contributed by atoms with Crippen LogP contribution in [0.1, 0.15) is 23.2 Å². The molecule has 0 spiro atoms. The van der Waals surface area contributed by atoms with E-state index in [0.29, 0.717) is 13.2 Å². The van der Waals surface area contributed by atoms with Crippen LogP contribution in [-0.2, 0) is 14.8 Å². The highest BCUT2D eigenvalue weighted by atomic mass is 79.9. The number of hydrogen-bond acceptors (Lipinski definition) is 4. The second kappa shape index (κ2) is 6.87. The van der Waals surface area contributed by atoms with Gasteiger partial charge >= 0.3 is 5.97 Å². The van der Waals surface area contributed by atoms with Crippen LogP contribution in [0.25, 0.3) is 0 Å². The standard InChI is InChI=1S/C13H16BrNO5S/c14-12-6-10(3-4-11(12)13(16)17)21(18,19)15-7-9-2-1-5-20-8-9/h3-4,6,9,15H,1-2,5,7-8H2,(H,16,17).